The van der Waals surface area contributed by atoms with Crippen molar-refractivity contribution < 1.29 is 23.1 Å². The number of thioether (sulfide) groups is 1. The van der Waals surface area contributed by atoms with Gasteiger partial charge in [-0.25, -0.2) is 8.42 Å². The van der Waals surface area contributed by atoms with Crippen LogP contribution in [0.4, 0.5) is 0 Å². The van der Waals surface area contributed by atoms with Gasteiger partial charge in [-0.2, -0.15) is 16.1 Å². The molecule has 1 aromatic heterocycles. The van der Waals surface area contributed by atoms with Crippen molar-refractivity contribution >= 4 is 33.7 Å². The standard InChI is InChI=1S/C14H21N3O5S2/c1-14(2,13(19)20)9-16-12(18)11-7-10(8-15-11)24(21,22)17-3-5-23-6-4-17/h7-8,15H,3-6,9H2,1-2H3,(H,16,18)(H,19,20). The van der Waals surface area contributed by atoms with Gasteiger partial charge < -0.3 is 15.4 Å². The van der Waals surface area contributed by atoms with Gasteiger partial charge in [-0.1, -0.05) is 0 Å². The predicted octanol–water partition coefficient (Wildman–Crippen LogP) is 0.593. The zero-order valence-corrected chi connectivity index (χ0v) is 15.2. The second-order valence-electron chi connectivity index (χ2n) is 6.14. The van der Waals surface area contributed by atoms with E-state index in [-0.39, 0.29) is 17.1 Å². The Labute approximate surface area is 145 Å². The molecule has 1 aliphatic rings. The van der Waals surface area contributed by atoms with Gasteiger partial charge in [0.2, 0.25) is 10.0 Å². The third kappa shape index (κ3) is 4.11. The number of aromatic amines is 1. The van der Waals surface area contributed by atoms with E-state index in [2.05, 4.69) is 10.3 Å². The van der Waals surface area contributed by atoms with Gasteiger partial charge in [0.15, 0.2) is 0 Å². The average molecular weight is 375 g/mol. The van der Waals surface area contributed by atoms with Gasteiger partial charge >= 0.3 is 5.97 Å². The molecule has 8 nitrogen and oxygen atoms in total. The summed E-state index contributed by atoms with van der Waals surface area (Å²) in [6.07, 6.45) is 1.29. The van der Waals surface area contributed by atoms with Crippen molar-refractivity contribution in [2.75, 3.05) is 31.1 Å². The molecule has 1 aliphatic heterocycles. The number of carboxylic acid groups (broad SMARTS) is 1. The van der Waals surface area contributed by atoms with E-state index in [9.17, 15) is 18.0 Å². The Morgan fingerprint density at radius 3 is 2.58 bits per heavy atom. The van der Waals surface area contributed by atoms with E-state index in [1.54, 1.807) is 11.8 Å². The molecular formula is C14H21N3O5S2. The highest BCUT2D eigenvalue weighted by Gasteiger charge is 2.30. The minimum atomic E-state index is -3.62. The molecule has 1 saturated heterocycles. The molecule has 2 rings (SSSR count). The van der Waals surface area contributed by atoms with Crippen molar-refractivity contribution in [3.8, 4) is 0 Å². The minimum absolute atomic E-state index is 0.0389. The molecule has 1 amide bonds. The number of hydrogen-bond donors (Lipinski definition) is 3. The first-order valence-corrected chi connectivity index (χ1v) is 10.0. The summed E-state index contributed by atoms with van der Waals surface area (Å²) in [7, 11) is -3.62. The number of carbonyl (C=O) groups is 2. The smallest absolute Gasteiger partial charge is 0.310 e. The van der Waals surface area contributed by atoms with Crippen LogP contribution in [0.2, 0.25) is 0 Å². The maximum Gasteiger partial charge on any atom is 0.310 e. The topological polar surface area (TPSA) is 120 Å². The van der Waals surface area contributed by atoms with E-state index in [1.807, 2.05) is 0 Å². The number of hydrogen-bond acceptors (Lipinski definition) is 5. The fourth-order valence-corrected chi connectivity index (χ4v) is 4.63. The first-order valence-electron chi connectivity index (χ1n) is 7.42. The third-order valence-electron chi connectivity index (χ3n) is 3.78. The van der Waals surface area contributed by atoms with Gasteiger partial charge in [-0.05, 0) is 19.9 Å². The monoisotopic (exact) mass is 375 g/mol. The second-order valence-corrected chi connectivity index (χ2v) is 9.30. The van der Waals surface area contributed by atoms with Crippen LogP contribution in [-0.2, 0) is 14.8 Å². The number of sulfonamides is 1. The van der Waals surface area contributed by atoms with Crippen molar-refractivity contribution in [2.45, 2.75) is 18.7 Å². The normalized spacial score (nSPS) is 16.8. The highest BCUT2D eigenvalue weighted by atomic mass is 32.2. The Kier molecular flexibility index (Phi) is 5.61. The number of nitrogens with one attached hydrogen (secondary N) is 2. The van der Waals surface area contributed by atoms with Gasteiger partial charge in [0.1, 0.15) is 10.6 Å². The largest absolute Gasteiger partial charge is 0.481 e. The van der Waals surface area contributed by atoms with Crippen LogP contribution >= 0.6 is 11.8 Å². The molecule has 134 valence electrons. The number of rotatable bonds is 6. The molecule has 0 saturated carbocycles. The zero-order valence-electron chi connectivity index (χ0n) is 13.5. The Morgan fingerprint density at radius 2 is 2.00 bits per heavy atom. The zero-order chi connectivity index (χ0) is 18.0. The molecule has 2 heterocycles. The van der Waals surface area contributed by atoms with Gasteiger partial charge in [-0.3, -0.25) is 9.59 Å². The number of H-pyrrole nitrogens is 1. The maximum absolute atomic E-state index is 12.5. The fourth-order valence-electron chi connectivity index (χ4n) is 2.06. The van der Waals surface area contributed by atoms with Crippen LogP contribution in [0, 0.1) is 5.41 Å². The molecule has 0 aromatic carbocycles. The molecule has 0 bridgehead atoms. The molecule has 3 N–H and O–H groups in total. The quantitative estimate of drug-likeness (QED) is 0.669. The first-order chi connectivity index (χ1) is 11.1. The Hall–Kier alpha value is -1.52. The molecule has 0 spiro atoms. The van der Waals surface area contributed by atoms with Gasteiger partial charge in [0.05, 0.1) is 5.41 Å². The molecule has 0 radical (unpaired) electrons. The number of nitrogens with zero attached hydrogens (tertiary/aromatic N) is 1. The van der Waals surface area contributed by atoms with Crippen molar-refractivity contribution in [3.63, 3.8) is 0 Å². The number of aliphatic carboxylic acids is 1. The summed E-state index contributed by atoms with van der Waals surface area (Å²) < 4.78 is 26.4. The van der Waals surface area contributed by atoms with E-state index in [0.717, 1.165) is 11.5 Å². The number of amides is 1. The molecule has 1 aromatic rings. The van der Waals surface area contributed by atoms with E-state index >= 15 is 0 Å². The summed E-state index contributed by atoms with van der Waals surface area (Å²) in [6, 6.07) is 1.28. The molecular weight excluding hydrogens is 354 g/mol. The SMILES string of the molecule is CC(C)(CNC(=O)c1cc(S(=O)(=O)N2CCSCC2)c[nH]1)C(=O)O. The van der Waals surface area contributed by atoms with Crippen LogP contribution in [0.1, 0.15) is 24.3 Å². The molecule has 10 heteroatoms. The van der Waals surface area contributed by atoms with Crippen molar-refractivity contribution in [1.29, 1.82) is 0 Å². The molecule has 1 fully saturated rings. The summed E-state index contributed by atoms with van der Waals surface area (Å²) in [5.74, 6) is -0.0665. The predicted molar refractivity (Wildman–Crippen MR) is 90.6 cm³/mol. The van der Waals surface area contributed by atoms with E-state index in [1.165, 1.54) is 30.4 Å². The second kappa shape index (κ2) is 7.16. The Bertz CT molecular complexity index is 721. The van der Waals surface area contributed by atoms with Crippen LogP contribution in [0.25, 0.3) is 0 Å². The van der Waals surface area contributed by atoms with Gasteiger partial charge in [-0.15, -0.1) is 0 Å². The summed E-state index contributed by atoms with van der Waals surface area (Å²) in [4.78, 5) is 25.8. The molecule has 24 heavy (non-hydrogen) atoms. The Morgan fingerprint density at radius 1 is 1.38 bits per heavy atom. The number of carbonyl (C=O) groups excluding carboxylic acids is 1. The van der Waals surface area contributed by atoms with E-state index < -0.39 is 27.3 Å². The van der Waals surface area contributed by atoms with Crippen molar-refractivity contribution in [3.05, 3.63) is 18.0 Å². The first kappa shape index (κ1) is 18.8. The van der Waals surface area contributed by atoms with Crippen molar-refractivity contribution in [2.24, 2.45) is 5.41 Å². The summed E-state index contributed by atoms with van der Waals surface area (Å²) in [6.45, 7) is 3.83. The van der Waals surface area contributed by atoms with Crippen molar-refractivity contribution in [1.82, 2.24) is 14.6 Å². The van der Waals surface area contributed by atoms with E-state index in [0.29, 0.717) is 13.1 Å². The highest BCUT2D eigenvalue weighted by Crippen LogP contribution is 2.21. The fraction of sp³-hybridized carbons (Fsp3) is 0.571. The molecule has 0 atom stereocenters. The molecule has 0 aliphatic carbocycles. The number of aromatic nitrogens is 1. The van der Waals surface area contributed by atoms with Crippen LogP contribution in [0.3, 0.4) is 0 Å². The average Bonchev–Trinajstić information content (AvgIpc) is 3.04. The summed E-state index contributed by atoms with van der Waals surface area (Å²) >= 11 is 1.71. The highest BCUT2D eigenvalue weighted by molar-refractivity contribution is 7.99. The Balaban J connectivity index is 2.07. The van der Waals surface area contributed by atoms with Crippen LogP contribution < -0.4 is 5.32 Å². The maximum atomic E-state index is 12.5. The molecule has 0 unspecified atom stereocenters. The lowest BCUT2D eigenvalue weighted by Crippen LogP contribution is -2.39. The lowest BCUT2D eigenvalue weighted by Gasteiger charge is -2.24. The minimum Gasteiger partial charge on any atom is -0.481 e. The summed E-state index contributed by atoms with van der Waals surface area (Å²) in [5.41, 5.74) is -1.02. The van der Waals surface area contributed by atoms with E-state index in [4.69, 9.17) is 5.11 Å². The lowest BCUT2D eigenvalue weighted by molar-refractivity contribution is -0.146. The van der Waals surface area contributed by atoms with Crippen LogP contribution in [0.15, 0.2) is 17.2 Å². The van der Waals surface area contributed by atoms with Crippen LogP contribution in [-0.4, -0.2) is 65.8 Å². The third-order valence-corrected chi connectivity index (χ3v) is 6.60. The van der Waals surface area contributed by atoms with Gasteiger partial charge in [0, 0.05) is 37.3 Å². The summed E-state index contributed by atoms with van der Waals surface area (Å²) in [5, 5.41) is 11.5. The van der Waals surface area contributed by atoms with Crippen LogP contribution in [0.5, 0.6) is 0 Å². The van der Waals surface area contributed by atoms with Gasteiger partial charge in [0.25, 0.3) is 5.91 Å². The lowest BCUT2D eigenvalue weighted by atomic mass is 9.94. The number of carboxylic acids is 1.